The molecule has 0 bridgehead atoms. The van der Waals surface area contributed by atoms with Crippen molar-refractivity contribution in [3.63, 3.8) is 0 Å². The minimum Gasteiger partial charge on any atom is -0.381 e. The average Bonchev–Trinajstić information content (AvgIpc) is 2.66. The van der Waals surface area contributed by atoms with E-state index in [0.29, 0.717) is 4.34 Å². The third kappa shape index (κ3) is 3.38. The van der Waals surface area contributed by atoms with E-state index in [4.69, 9.17) is 16.3 Å². The molecule has 0 N–H and O–H groups in total. The Morgan fingerprint density at radius 2 is 2.25 bits per heavy atom. The molecular weight excluding hydrogens is 246 g/mol. The predicted octanol–water partition coefficient (Wildman–Crippen LogP) is 2.05. The smallest absolute Gasteiger partial charge is 0.138 e. The number of hydrogen-bond acceptors (Lipinski definition) is 5. The monoisotopic (exact) mass is 261 g/mol. The molecule has 0 unspecified atom stereocenters. The van der Waals surface area contributed by atoms with Gasteiger partial charge in [0, 0.05) is 37.8 Å². The van der Waals surface area contributed by atoms with Crippen LogP contribution >= 0.6 is 23.1 Å². The van der Waals surface area contributed by atoms with Gasteiger partial charge in [0.1, 0.15) is 10.0 Å². The second-order valence-electron chi connectivity index (χ2n) is 4.25. The Labute approximate surface area is 105 Å². The first kappa shape index (κ1) is 12.2. The van der Waals surface area contributed by atoms with Crippen LogP contribution in [0, 0.1) is 5.92 Å². The molecule has 0 atom stereocenters. The summed E-state index contributed by atoms with van der Waals surface area (Å²) in [5.41, 5.74) is 0.890. The molecule has 16 heavy (non-hydrogen) atoms. The Morgan fingerprint density at radius 3 is 2.88 bits per heavy atom. The van der Waals surface area contributed by atoms with E-state index >= 15 is 0 Å². The molecule has 90 valence electrons. The van der Waals surface area contributed by atoms with E-state index in [1.54, 1.807) is 0 Å². The zero-order valence-corrected chi connectivity index (χ0v) is 10.9. The van der Waals surface area contributed by atoms with Crippen LogP contribution in [0.3, 0.4) is 0 Å². The molecule has 4 nitrogen and oxygen atoms in total. The van der Waals surface area contributed by atoms with E-state index in [0.717, 1.165) is 50.8 Å². The molecule has 0 spiro atoms. The van der Waals surface area contributed by atoms with Gasteiger partial charge in [0.05, 0.1) is 0 Å². The van der Waals surface area contributed by atoms with Gasteiger partial charge in [-0.3, -0.25) is 0 Å². The van der Waals surface area contributed by atoms with Crippen molar-refractivity contribution in [2.45, 2.75) is 19.4 Å². The van der Waals surface area contributed by atoms with Crippen molar-refractivity contribution in [1.82, 2.24) is 14.5 Å². The van der Waals surface area contributed by atoms with Crippen LogP contribution in [0.25, 0.3) is 0 Å². The summed E-state index contributed by atoms with van der Waals surface area (Å²) < 4.78 is 9.89. The van der Waals surface area contributed by atoms with Crippen LogP contribution in [0.15, 0.2) is 0 Å². The predicted molar refractivity (Wildman–Crippen MR) is 64.8 cm³/mol. The number of halogens is 1. The molecule has 1 saturated heterocycles. The minimum atomic E-state index is 0.707. The van der Waals surface area contributed by atoms with Gasteiger partial charge in [-0.1, -0.05) is 16.1 Å². The average molecular weight is 262 g/mol. The third-order valence-electron chi connectivity index (χ3n) is 2.84. The maximum Gasteiger partial charge on any atom is 0.138 e. The Bertz CT molecular complexity index is 328. The van der Waals surface area contributed by atoms with Crippen LogP contribution in [-0.4, -0.2) is 41.3 Å². The lowest BCUT2D eigenvalue weighted by Gasteiger charge is -2.26. The first-order valence-electron chi connectivity index (χ1n) is 5.48. The molecule has 0 aromatic carbocycles. The van der Waals surface area contributed by atoms with Crippen molar-refractivity contribution in [3.8, 4) is 0 Å². The van der Waals surface area contributed by atoms with E-state index in [9.17, 15) is 0 Å². The first-order chi connectivity index (χ1) is 7.75. The van der Waals surface area contributed by atoms with Crippen molar-refractivity contribution in [1.29, 1.82) is 0 Å². The summed E-state index contributed by atoms with van der Waals surface area (Å²) in [7, 11) is 2.10. The van der Waals surface area contributed by atoms with Gasteiger partial charge in [0.2, 0.25) is 0 Å². The number of aromatic nitrogens is 2. The highest BCUT2D eigenvalue weighted by Crippen LogP contribution is 2.20. The third-order valence-corrected chi connectivity index (χ3v) is 3.82. The largest absolute Gasteiger partial charge is 0.381 e. The standard InChI is InChI=1S/C10H16ClN3OS/c1-14(6-8-2-4-15-5-3-8)7-9-10(11)16-13-12-9/h8H,2-7H2,1H3. The highest BCUT2D eigenvalue weighted by Gasteiger charge is 2.17. The fourth-order valence-electron chi connectivity index (χ4n) is 1.98. The molecule has 1 fully saturated rings. The second-order valence-corrected chi connectivity index (χ2v) is 5.60. The van der Waals surface area contributed by atoms with Crippen molar-refractivity contribution in [2.24, 2.45) is 5.92 Å². The fraction of sp³-hybridized carbons (Fsp3) is 0.800. The molecule has 0 amide bonds. The summed E-state index contributed by atoms with van der Waals surface area (Å²) in [6.45, 7) is 3.67. The fourth-order valence-corrected chi connectivity index (χ4v) is 2.59. The summed E-state index contributed by atoms with van der Waals surface area (Å²) >= 11 is 7.22. The molecule has 1 aliphatic heterocycles. The highest BCUT2D eigenvalue weighted by atomic mass is 35.5. The van der Waals surface area contributed by atoms with Crippen molar-refractivity contribution in [3.05, 3.63) is 10.0 Å². The van der Waals surface area contributed by atoms with Gasteiger partial charge in [-0.05, 0) is 25.8 Å². The Morgan fingerprint density at radius 1 is 1.50 bits per heavy atom. The molecule has 0 aliphatic carbocycles. The summed E-state index contributed by atoms with van der Waals surface area (Å²) in [5.74, 6) is 0.740. The molecule has 0 radical (unpaired) electrons. The molecule has 1 aromatic heterocycles. The van der Waals surface area contributed by atoms with E-state index in [2.05, 4.69) is 21.5 Å². The Hall–Kier alpha value is -0.230. The van der Waals surface area contributed by atoms with Crippen LogP contribution in [0.2, 0.25) is 4.34 Å². The maximum absolute atomic E-state index is 5.97. The highest BCUT2D eigenvalue weighted by molar-refractivity contribution is 7.10. The number of hydrogen-bond donors (Lipinski definition) is 0. The van der Waals surface area contributed by atoms with Gasteiger partial charge in [-0.2, -0.15) is 0 Å². The normalized spacial score (nSPS) is 18.2. The summed E-state index contributed by atoms with van der Waals surface area (Å²) in [6, 6.07) is 0. The van der Waals surface area contributed by atoms with Crippen LogP contribution in [0.4, 0.5) is 0 Å². The van der Waals surface area contributed by atoms with Gasteiger partial charge in [0.15, 0.2) is 0 Å². The lowest BCUT2D eigenvalue weighted by atomic mass is 10.00. The molecule has 2 heterocycles. The van der Waals surface area contributed by atoms with Gasteiger partial charge < -0.3 is 9.64 Å². The van der Waals surface area contributed by atoms with Crippen LogP contribution in [-0.2, 0) is 11.3 Å². The molecular formula is C10H16ClN3OS. The minimum absolute atomic E-state index is 0.707. The van der Waals surface area contributed by atoms with Gasteiger partial charge >= 0.3 is 0 Å². The van der Waals surface area contributed by atoms with Gasteiger partial charge in [-0.25, -0.2) is 0 Å². The number of ether oxygens (including phenoxy) is 1. The first-order valence-corrected chi connectivity index (χ1v) is 6.64. The van der Waals surface area contributed by atoms with Gasteiger partial charge in [0.25, 0.3) is 0 Å². The van der Waals surface area contributed by atoms with Crippen molar-refractivity contribution < 1.29 is 4.74 Å². The summed E-state index contributed by atoms with van der Waals surface area (Å²) in [5, 5.41) is 4.02. The zero-order valence-electron chi connectivity index (χ0n) is 9.36. The van der Waals surface area contributed by atoms with E-state index < -0.39 is 0 Å². The molecule has 6 heteroatoms. The SMILES string of the molecule is CN(Cc1nnsc1Cl)CC1CCOCC1. The Balaban J connectivity index is 1.79. The molecule has 0 saturated carbocycles. The lowest BCUT2D eigenvalue weighted by Crippen LogP contribution is -2.29. The van der Waals surface area contributed by atoms with Gasteiger partial charge in [-0.15, -0.1) is 5.10 Å². The van der Waals surface area contributed by atoms with E-state index in [-0.39, 0.29) is 0 Å². The van der Waals surface area contributed by atoms with E-state index in [1.165, 1.54) is 11.5 Å². The lowest BCUT2D eigenvalue weighted by molar-refractivity contribution is 0.0548. The van der Waals surface area contributed by atoms with Crippen LogP contribution in [0.1, 0.15) is 18.5 Å². The van der Waals surface area contributed by atoms with Crippen molar-refractivity contribution in [2.75, 3.05) is 26.8 Å². The molecule has 2 rings (SSSR count). The molecule has 1 aliphatic rings. The quantitative estimate of drug-likeness (QED) is 0.832. The second kappa shape index (κ2) is 5.91. The Kier molecular flexibility index (Phi) is 4.52. The maximum atomic E-state index is 5.97. The van der Waals surface area contributed by atoms with Crippen LogP contribution in [0.5, 0.6) is 0 Å². The summed E-state index contributed by atoms with van der Waals surface area (Å²) in [4.78, 5) is 2.26. The molecule has 1 aromatic rings. The number of nitrogens with zero attached hydrogens (tertiary/aromatic N) is 3. The van der Waals surface area contributed by atoms with Crippen molar-refractivity contribution >= 4 is 23.1 Å². The van der Waals surface area contributed by atoms with E-state index in [1.807, 2.05) is 0 Å². The topological polar surface area (TPSA) is 38.2 Å². The van der Waals surface area contributed by atoms with Crippen LogP contribution < -0.4 is 0 Å². The number of rotatable bonds is 4. The summed E-state index contributed by atoms with van der Waals surface area (Å²) in [6.07, 6.45) is 2.32. The zero-order chi connectivity index (χ0) is 11.4.